The molecule has 2 aliphatic rings. The zero-order chi connectivity index (χ0) is 13.2. The Labute approximate surface area is 116 Å². The van der Waals surface area contributed by atoms with E-state index < -0.39 is 5.97 Å². The molecule has 2 heterocycles. The lowest BCUT2D eigenvalue weighted by Crippen LogP contribution is -2.30. The second-order valence-electron chi connectivity index (χ2n) is 5.05. The fourth-order valence-electron chi connectivity index (χ4n) is 2.50. The smallest absolute Gasteiger partial charge is 0.307 e. The topological polar surface area (TPSA) is 58.6 Å². The maximum atomic E-state index is 11.0. The fraction of sp³-hybridized carbons (Fsp3) is 0.500. The third-order valence-corrected chi connectivity index (χ3v) is 4.91. The molecule has 2 saturated heterocycles. The largest absolute Gasteiger partial charge is 0.481 e. The first-order valence-electron chi connectivity index (χ1n) is 6.53. The summed E-state index contributed by atoms with van der Waals surface area (Å²) in [7, 11) is 0. The van der Waals surface area contributed by atoms with Crippen molar-refractivity contribution in [3.63, 3.8) is 0 Å². The minimum absolute atomic E-state index is 0.158. The molecule has 1 aromatic carbocycles. The van der Waals surface area contributed by atoms with E-state index in [1.165, 1.54) is 10.5 Å². The fourth-order valence-corrected chi connectivity index (χ4v) is 3.69. The minimum atomic E-state index is -0.701. The van der Waals surface area contributed by atoms with E-state index in [2.05, 4.69) is 17.4 Å². The van der Waals surface area contributed by atoms with E-state index in [0.29, 0.717) is 18.2 Å². The molecule has 2 unspecified atom stereocenters. The third kappa shape index (κ3) is 2.78. The van der Waals surface area contributed by atoms with E-state index >= 15 is 0 Å². The van der Waals surface area contributed by atoms with Crippen LogP contribution in [-0.4, -0.2) is 36.1 Å². The second-order valence-corrected chi connectivity index (χ2v) is 6.39. The maximum Gasteiger partial charge on any atom is 0.307 e. The van der Waals surface area contributed by atoms with Crippen molar-refractivity contribution in [1.29, 1.82) is 0 Å². The van der Waals surface area contributed by atoms with Gasteiger partial charge in [0.05, 0.1) is 24.4 Å². The highest BCUT2D eigenvalue weighted by Gasteiger charge is 2.32. The Morgan fingerprint density at radius 1 is 1.37 bits per heavy atom. The van der Waals surface area contributed by atoms with Crippen molar-refractivity contribution < 1.29 is 14.6 Å². The molecule has 0 aliphatic carbocycles. The van der Waals surface area contributed by atoms with Gasteiger partial charge in [0.2, 0.25) is 0 Å². The van der Waals surface area contributed by atoms with Gasteiger partial charge in [-0.15, -0.1) is 11.8 Å². The van der Waals surface area contributed by atoms with Crippen molar-refractivity contribution in [2.45, 2.75) is 22.6 Å². The average molecular weight is 279 g/mol. The standard InChI is InChI=1S/C14H17NO3S/c16-14(17)9-5-12(15-6-9)11-3-1-2-4-13(11)19-10-7-18-8-10/h1-4,9-10,12,15H,5-8H2,(H,16,17). The van der Waals surface area contributed by atoms with Crippen molar-refractivity contribution in [2.24, 2.45) is 5.92 Å². The highest BCUT2D eigenvalue weighted by Crippen LogP contribution is 2.37. The highest BCUT2D eigenvalue weighted by molar-refractivity contribution is 8.00. The number of carboxylic acids is 1. The van der Waals surface area contributed by atoms with Crippen molar-refractivity contribution in [1.82, 2.24) is 5.32 Å². The van der Waals surface area contributed by atoms with Crippen LogP contribution in [0.15, 0.2) is 29.2 Å². The molecule has 3 rings (SSSR count). The molecule has 2 aliphatic heterocycles. The highest BCUT2D eigenvalue weighted by atomic mass is 32.2. The molecule has 0 bridgehead atoms. The van der Waals surface area contributed by atoms with E-state index in [4.69, 9.17) is 9.84 Å². The van der Waals surface area contributed by atoms with Gasteiger partial charge in [0.1, 0.15) is 0 Å². The van der Waals surface area contributed by atoms with Crippen LogP contribution in [0.25, 0.3) is 0 Å². The summed E-state index contributed by atoms with van der Waals surface area (Å²) in [5.74, 6) is -0.970. The van der Waals surface area contributed by atoms with Crippen molar-refractivity contribution >= 4 is 17.7 Å². The van der Waals surface area contributed by atoms with Gasteiger partial charge in [0, 0.05) is 17.5 Å². The lowest BCUT2D eigenvalue weighted by Gasteiger charge is -2.27. The second kappa shape index (κ2) is 5.53. The molecular weight excluding hydrogens is 262 g/mol. The molecule has 0 spiro atoms. The summed E-state index contributed by atoms with van der Waals surface area (Å²) >= 11 is 1.84. The van der Waals surface area contributed by atoms with Crippen molar-refractivity contribution in [2.75, 3.05) is 19.8 Å². The van der Waals surface area contributed by atoms with Crippen LogP contribution in [0.3, 0.4) is 0 Å². The Morgan fingerprint density at radius 3 is 2.79 bits per heavy atom. The van der Waals surface area contributed by atoms with Crippen LogP contribution < -0.4 is 5.32 Å². The molecular formula is C14H17NO3S. The van der Waals surface area contributed by atoms with Gasteiger partial charge in [-0.2, -0.15) is 0 Å². The Morgan fingerprint density at radius 2 is 2.16 bits per heavy atom. The van der Waals surface area contributed by atoms with Crippen LogP contribution in [0.1, 0.15) is 18.0 Å². The molecule has 0 radical (unpaired) electrons. The van der Waals surface area contributed by atoms with Gasteiger partial charge in [-0.05, 0) is 18.1 Å². The number of carbonyl (C=O) groups is 1. The minimum Gasteiger partial charge on any atom is -0.481 e. The number of rotatable bonds is 4. The van der Waals surface area contributed by atoms with Crippen LogP contribution in [0.2, 0.25) is 0 Å². The van der Waals surface area contributed by atoms with Gasteiger partial charge in [-0.3, -0.25) is 4.79 Å². The molecule has 2 fully saturated rings. The molecule has 1 aromatic rings. The average Bonchev–Trinajstić information content (AvgIpc) is 2.84. The summed E-state index contributed by atoms with van der Waals surface area (Å²) < 4.78 is 5.21. The van der Waals surface area contributed by atoms with Crippen LogP contribution in [0.4, 0.5) is 0 Å². The number of benzene rings is 1. The summed E-state index contributed by atoms with van der Waals surface area (Å²) in [5.41, 5.74) is 1.23. The normalized spacial score (nSPS) is 27.2. The summed E-state index contributed by atoms with van der Waals surface area (Å²) in [6.45, 7) is 2.19. The Kier molecular flexibility index (Phi) is 3.77. The molecule has 5 heteroatoms. The zero-order valence-corrected chi connectivity index (χ0v) is 11.4. The zero-order valence-electron chi connectivity index (χ0n) is 10.5. The Hall–Kier alpha value is -1.04. The Balaban J connectivity index is 1.74. The molecule has 2 atom stereocenters. The van der Waals surface area contributed by atoms with Crippen molar-refractivity contribution in [3.05, 3.63) is 29.8 Å². The summed E-state index contributed by atoms with van der Waals surface area (Å²) in [5, 5.41) is 12.9. The summed E-state index contributed by atoms with van der Waals surface area (Å²) in [6.07, 6.45) is 0.675. The number of carboxylic acid groups (broad SMARTS) is 1. The van der Waals surface area contributed by atoms with E-state index in [0.717, 1.165) is 13.2 Å². The number of aliphatic carboxylic acids is 1. The van der Waals surface area contributed by atoms with Gasteiger partial charge in [-0.25, -0.2) is 0 Å². The summed E-state index contributed by atoms with van der Waals surface area (Å²) in [4.78, 5) is 12.3. The number of hydrogen-bond donors (Lipinski definition) is 2. The molecule has 0 aromatic heterocycles. The molecule has 2 N–H and O–H groups in total. The number of thioether (sulfide) groups is 1. The molecule has 0 amide bonds. The summed E-state index contributed by atoms with van der Waals surface area (Å²) in [6, 6.07) is 8.44. The van der Waals surface area contributed by atoms with Gasteiger partial charge in [0.25, 0.3) is 0 Å². The monoisotopic (exact) mass is 279 g/mol. The van der Waals surface area contributed by atoms with Gasteiger partial charge in [0.15, 0.2) is 0 Å². The van der Waals surface area contributed by atoms with E-state index in [9.17, 15) is 4.79 Å². The van der Waals surface area contributed by atoms with E-state index in [-0.39, 0.29) is 12.0 Å². The quantitative estimate of drug-likeness (QED) is 0.881. The van der Waals surface area contributed by atoms with Crippen LogP contribution in [0.5, 0.6) is 0 Å². The first-order valence-corrected chi connectivity index (χ1v) is 7.41. The third-order valence-electron chi connectivity index (χ3n) is 3.68. The Bertz CT molecular complexity index is 476. The molecule has 0 saturated carbocycles. The SMILES string of the molecule is O=C(O)C1CNC(c2ccccc2SC2COC2)C1. The van der Waals surface area contributed by atoms with E-state index in [1.807, 2.05) is 23.9 Å². The van der Waals surface area contributed by atoms with E-state index in [1.54, 1.807) is 0 Å². The lowest BCUT2D eigenvalue weighted by molar-refractivity contribution is -0.141. The van der Waals surface area contributed by atoms with Gasteiger partial charge < -0.3 is 15.2 Å². The first-order chi connectivity index (χ1) is 9.24. The number of nitrogens with one attached hydrogen (secondary N) is 1. The molecule has 19 heavy (non-hydrogen) atoms. The predicted octanol–water partition coefficient (Wildman–Crippen LogP) is 1.91. The van der Waals surface area contributed by atoms with Crippen LogP contribution in [0, 0.1) is 5.92 Å². The van der Waals surface area contributed by atoms with Gasteiger partial charge >= 0.3 is 5.97 Å². The molecule has 102 valence electrons. The lowest BCUT2D eigenvalue weighted by atomic mass is 10.0. The number of hydrogen-bond acceptors (Lipinski definition) is 4. The number of ether oxygens (including phenoxy) is 1. The first kappa shape index (κ1) is 13.0. The van der Waals surface area contributed by atoms with Crippen LogP contribution >= 0.6 is 11.8 Å². The van der Waals surface area contributed by atoms with Crippen molar-refractivity contribution in [3.8, 4) is 0 Å². The van der Waals surface area contributed by atoms with Gasteiger partial charge in [-0.1, -0.05) is 18.2 Å². The molecule has 4 nitrogen and oxygen atoms in total. The predicted molar refractivity (Wildman–Crippen MR) is 73.4 cm³/mol. The van der Waals surface area contributed by atoms with Crippen LogP contribution in [-0.2, 0) is 9.53 Å². The maximum absolute atomic E-state index is 11.0.